The Morgan fingerprint density at radius 3 is 2.61 bits per heavy atom. The van der Waals surface area contributed by atoms with E-state index in [4.69, 9.17) is 9.47 Å². The molecule has 0 aromatic heterocycles. The van der Waals surface area contributed by atoms with E-state index in [1.165, 1.54) is 18.4 Å². The highest BCUT2D eigenvalue weighted by molar-refractivity contribution is 5.75. The second-order valence-corrected chi connectivity index (χ2v) is 8.76. The van der Waals surface area contributed by atoms with E-state index in [1.807, 2.05) is 36.4 Å². The lowest BCUT2D eigenvalue weighted by Crippen LogP contribution is -2.34. The van der Waals surface area contributed by atoms with Gasteiger partial charge in [0, 0.05) is 26.1 Å². The lowest BCUT2D eigenvalue weighted by Gasteiger charge is -2.32. The molecule has 0 saturated carbocycles. The molecule has 0 spiro atoms. The van der Waals surface area contributed by atoms with Crippen molar-refractivity contribution in [3.8, 4) is 11.5 Å². The summed E-state index contributed by atoms with van der Waals surface area (Å²) in [5, 5.41) is 3.04. The van der Waals surface area contributed by atoms with Crippen molar-refractivity contribution >= 4 is 5.91 Å². The Morgan fingerprint density at radius 1 is 1.03 bits per heavy atom. The number of rotatable bonds is 9. The van der Waals surface area contributed by atoms with Gasteiger partial charge in [-0.15, -0.1) is 0 Å². The molecule has 5 nitrogen and oxygen atoms in total. The van der Waals surface area contributed by atoms with Crippen LogP contribution in [0.25, 0.3) is 0 Å². The number of amides is 1. The van der Waals surface area contributed by atoms with Gasteiger partial charge in [-0.05, 0) is 80.9 Å². The number of likely N-dealkylation sites (tertiary alicyclic amines) is 1. The average Bonchev–Trinajstić information content (AvgIpc) is 3.32. The van der Waals surface area contributed by atoms with E-state index >= 15 is 0 Å². The Hall–Kier alpha value is -2.37. The normalized spacial score (nSPS) is 19.9. The van der Waals surface area contributed by atoms with Crippen LogP contribution in [0.2, 0.25) is 0 Å². The van der Waals surface area contributed by atoms with Gasteiger partial charge in [0.15, 0.2) is 0 Å². The number of piperidine rings is 1. The zero-order chi connectivity index (χ0) is 21.3. The van der Waals surface area contributed by atoms with Crippen LogP contribution in [0.4, 0.5) is 0 Å². The van der Waals surface area contributed by atoms with Crippen LogP contribution in [0, 0.1) is 5.92 Å². The Kier molecular flexibility index (Phi) is 7.97. The zero-order valence-electron chi connectivity index (χ0n) is 18.3. The van der Waals surface area contributed by atoms with Crippen molar-refractivity contribution in [3.05, 3.63) is 60.2 Å². The molecule has 2 aliphatic heterocycles. The highest BCUT2D eigenvalue weighted by atomic mass is 16.5. The van der Waals surface area contributed by atoms with Crippen LogP contribution in [0.5, 0.6) is 11.5 Å². The van der Waals surface area contributed by atoms with E-state index in [0.29, 0.717) is 18.9 Å². The SMILES string of the molecule is O=C(CCC1CCN(Cc2cccc(Oc3ccccc3)c2)CC1)NC[C@H]1CCCO1. The third kappa shape index (κ3) is 7.08. The van der Waals surface area contributed by atoms with Gasteiger partial charge >= 0.3 is 0 Å². The predicted octanol–water partition coefficient (Wildman–Crippen LogP) is 4.77. The summed E-state index contributed by atoms with van der Waals surface area (Å²) in [6.07, 6.45) is 6.37. The summed E-state index contributed by atoms with van der Waals surface area (Å²) in [5.41, 5.74) is 1.28. The Morgan fingerprint density at radius 2 is 1.84 bits per heavy atom. The summed E-state index contributed by atoms with van der Waals surface area (Å²) in [6, 6.07) is 18.3. The fourth-order valence-electron chi connectivity index (χ4n) is 4.48. The number of hydrogen-bond donors (Lipinski definition) is 1. The molecule has 2 aliphatic rings. The summed E-state index contributed by atoms with van der Waals surface area (Å²) in [7, 11) is 0. The molecule has 2 aromatic rings. The molecule has 0 radical (unpaired) electrons. The first kappa shape index (κ1) is 21.8. The number of hydrogen-bond acceptors (Lipinski definition) is 4. The number of carbonyl (C=O) groups is 1. The minimum Gasteiger partial charge on any atom is -0.457 e. The molecule has 2 aromatic carbocycles. The molecule has 0 unspecified atom stereocenters. The first-order valence-electron chi connectivity index (χ1n) is 11.7. The van der Waals surface area contributed by atoms with Gasteiger partial charge in [-0.1, -0.05) is 30.3 Å². The number of nitrogens with zero attached hydrogens (tertiary/aromatic N) is 1. The van der Waals surface area contributed by atoms with Gasteiger partial charge in [0.05, 0.1) is 6.10 Å². The van der Waals surface area contributed by atoms with Crippen LogP contribution in [0.1, 0.15) is 44.1 Å². The van der Waals surface area contributed by atoms with E-state index in [0.717, 1.165) is 57.0 Å². The van der Waals surface area contributed by atoms with Crippen LogP contribution in [0.3, 0.4) is 0 Å². The van der Waals surface area contributed by atoms with Gasteiger partial charge in [-0.25, -0.2) is 0 Å². The fraction of sp³-hybridized carbons (Fsp3) is 0.500. The van der Waals surface area contributed by atoms with E-state index in [1.54, 1.807) is 0 Å². The van der Waals surface area contributed by atoms with Gasteiger partial charge in [0.25, 0.3) is 0 Å². The minimum absolute atomic E-state index is 0.174. The van der Waals surface area contributed by atoms with Crippen molar-refractivity contribution in [1.82, 2.24) is 10.2 Å². The zero-order valence-corrected chi connectivity index (χ0v) is 18.3. The molecule has 2 heterocycles. The molecule has 31 heavy (non-hydrogen) atoms. The maximum absolute atomic E-state index is 12.1. The first-order chi connectivity index (χ1) is 15.2. The summed E-state index contributed by atoms with van der Waals surface area (Å²) in [4.78, 5) is 14.6. The van der Waals surface area contributed by atoms with E-state index < -0.39 is 0 Å². The lowest BCUT2D eigenvalue weighted by molar-refractivity contribution is -0.122. The average molecular weight is 423 g/mol. The van der Waals surface area contributed by atoms with E-state index in [9.17, 15) is 4.79 Å². The van der Waals surface area contributed by atoms with Crippen LogP contribution in [0.15, 0.2) is 54.6 Å². The molecule has 2 saturated heterocycles. The smallest absolute Gasteiger partial charge is 0.220 e. The number of nitrogens with one attached hydrogen (secondary N) is 1. The van der Waals surface area contributed by atoms with Crippen molar-refractivity contribution in [3.63, 3.8) is 0 Å². The van der Waals surface area contributed by atoms with Crippen molar-refractivity contribution in [2.75, 3.05) is 26.2 Å². The van der Waals surface area contributed by atoms with Gasteiger partial charge in [-0.3, -0.25) is 9.69 Å². The summed E-state index contributed by atoms with van der Waals surface area (Å²) in [5.74, 6) is 2.57. The van der Waals surface area contributed by atoms with E-state index in [-0.39, 0.29) is 12.0 Å². The molecule has 1 atom stereocenters. The van der Waals surface area contributed by atoms with Gasteiger partial charge in [0.2, 0.25) is 5.91 Å². The number of para-hydroxylation sites is 1. The largest absolute Gasteiger partial charge is 0.457 e. The quantitative estimate of drug-likeness (QED) is 0.633. The predicted molar refractivity (Wildman–Crippen MR) is 122 cm³/mol. The van der Waals surface area contributed by atoms with Gasteiger partial charge in [0.1, 0.15) is 11.5 Å². The van der Waals surface area contributed by atoms with Crippen LogP contribution in [-0.4, -0.2) is 43.2 Å². The molecular weight excluding hydrogens is 388 g/mol. The van der Waals surface area contributed by atoms with Crippen LogP contribution >= 0.6 is 0 Å². The van der Waals surface area contributed by atoms with Crippen molar-refractivity contribution in [1.29, 1.82) is 0 Å². The molecule has 4 rings (SSSR count). The van der Waals surface area contributed by atoms with Crippen LogP contribution < -0.4 is 10.1 Å². The maximum atomic E-state index is 12.1. The fourth-order valence-corrected chi connectivity index (χ4v) is 4.48. The number of benzene rings is 2. The second-order valence-electron chi connectivity index (χ2n) is 8.76. The van der Waals surface area contributed by atoms with Crippen molar-refractivity contribution < 1.29 is 14.3 Å². The van der Waals surface area contributed by atoms with Gasteiger partial charge in [-0.2, -0.15) is 0 Å². The molecule has 2 fully saturated rings. The van der Waals surface area contributed by atoms with Crippen LogP contribution in [-0.2, 0) is 16.1 Å². The Labute approximate surface area is 185 Å². The third-order valence-electron chi connectivity index (χ3n) is 6.32. The van der Waals surface area contributed by atoms with Crippen molar-refractivity contribution in [2.24, 2.45) is 5.92 Å². The topological polar surface area (TPSA) is 50.8 Å². The monoisotopic (exact) mass is 422 g/mol. The second kappa shape index (κ2) is 11.3. The molecule has 5 heteroatoms. The molecule has 1 N–H and O–H groups in total. The molecule has 166 valence electrons. The van der Waals surface area contributed by atoms with Crippen molar-refractivity contribution in [2.45, 2.75) is 51.2 Å². The lowest BCUT2D eigenvalue weighted by atomic mass is 9.92. The third-order valence-corrected chi connectivity index (χ3v) is 6.32. The van der Waals surface area contributed by atoms with Gasteiger partial charge < -0.3 is 14.8 Å². The molecule has 1 amide bonds. The highest BCUT2D eigenvalue weighted by Crippen LogP contribution is 2.25. The summed E-state index contributed by atoms with van der Waals surface area (Å²) < 4.78 is 11.5. The Bertz CT molecular complexity index is 812. The minimum atomic E-state index is 0.174. The standard InChI is InChI=1S/C26H34N2O3/c29-26(27-19-25-10-5-17-30-25)12-11-21-13-15-28(16-14-21)20-22-6-4-9-24(18-22)31-23-7-2-1-3-8-23/h1-4,6-9,18,21,25H,5,10-17,19-20H2,(H,27,29)/t25-/m1/s1. The molecular formula is C26H34N2O3. The number of ether oxygens (including phenoxy) is 2. The molecule has 0 bridgehead atoms. The number of carbonyl (C=O) groups excluding carboxylic acids is 1. The highest BCUT2D eigenvalue weighted by Gasteiger charge is 2.21. The van der Waals surface area contributed by atoms with E-state index in [2.05, 4.69) is 28.4 Å². The maximum Gasteiger partial charge on any atom is 0.220 e. The summed E-state index contributed by atoms with van der Waals surface area (Å²) >= 11 is 0. The summed E-state index contributed by atoms with van der Waals surface area (Å²) in [6.45, 7) is 4.63. The Balaban J connectivity index is 1.15. The first-order valence-corrected chi connectivity index (χ1v) is 11.7. The molecule has 0 aliphatic carbocycles.